The summed E-state index contributed by atoms with van der Waals surface area (Å²) in [6, 6.07) is 40.2. The molecule has 0 fully saturated rings. The Labute approximate surface area is 202 Å². The van der Waals surface area contributed by atoms with E-state index in [1.54, 1.807) is 0 Å². The molecule has 0 atom stereocenters. The molecule has 3 aromatic heterocycles. The van der Waals surface area contributed by atoms with E-state index >= 15 is 0 Å². The van der Waals surface area contributed by atoms with Crippen LogP contribution in [-0.2, 0) is 0 Å². The maximum Gasteiger partial charge on any atom is 0.213 e. The molecule has 3 heterocycles. The van der Waals surface area contributed by atoms with Crippen LogP contribution < -0.4 is 0 Å². The van der Waals surface area contributed by atoms with Gasteiger partial charge < -0.3 is 4.42 Å². The number of nitrogens with zero attached hydrogens (tertiary/aromatic N) is 2. The Morgan fingerprint density at radius 3 is 2.00 bits per heavy atom. The zero-order valence-electron chi connectivity index (χ0n) is 18.9. The molecule has 0 saturated carbocycles. The lowest BCUT2D eigenvalue weighted by molar-refractivity contribution is 0.645. The van der Waals surface area contributed by atoms with Gasteiger partial charge in [-0.3, -0.25) is 9.55 Å². The van der Waals surface area contributed by atoms with Crippen molar-refractivity contribution >= 4 is 33.0 Å². The zero-order chi connectivity index (χ0) is 23.2. The predicted molar refractivity (Wildman–Crippen MR) is 142 cm³/mol. The molecular formula is C32H21N2O. The summed E-state index contributed by atoms with van der Waals surface area (Å²) in [4.78, 5) is 4.21. The third-order valence-electron chi connectivity index (χ3n) is 6.64. The molecule has 165 valence electrons. The first-order chi connectivity index (χ1) is 17.4. The minimum Gasteiger partial charge on any atom is -0.439 e. The second kappa shape index (κ2) is 8.00. The van der Waals surface area contributed by atoms with Gasteiger partial charge in [0.25, 0.3) is 0 Å². The fraction of sp³-hybridized carbons (Fsp3) is 0. The maximum atomic E-state index is 6.39. The summed E-state index contributed by atoms with van der Waals surface area (Å²) >= 11 is 0. The largest absolute Gasteiger partial charge is 0.439 e. The van der Waals surface area contributed by atoms with Gasteiger partial charge in [0.2, 0.25) is 5.71 Å². The van der Waals surface area contributed by atoms with Crippen molar-refractivity contribution in [2.75, 3.05) is 0 Å². The standard InChI is InChI=1S/C32H21N2O/c1-2-8-22(9-3-1)30(24-18-20-33-21-19-24)23-14-16-25(17-15-23)34-28-12-6-4-10-26(28)31-27-11-5-7-13-29(27)35-32(31)34/h1-21H. The van der Waals surface area contributed by atoms with Gasteiger partial charge in [-0.15, -0.1) is 0 Å². The lowest BCUT2D eigenvalue weighted by Crippen LogP contribution is -2.05. The predicted octanol–water partition coefficient (Wildman–Crippen LogP) is 7.94. The minimum absolute atomic E-state index is 0.876. The lowest BCUT2D eigenvalue weighted by Gasteiger charge is -2.18. The average molecular weight is 450 g/mol. The summed E-state index contributed by atoms with van der Waals surface area (Å²) in [5.41, 5.74) is 7.47. The highest BCUT2D eigenvalue weighted by Gasteiger charge is 2.20. The van der Waals surface area contributed by atoms with Crippen molar-refractivity contribution < 1.29 is 4.42 Å². The van der Waals surface area contributed by atoms with E-state index in [2.05, 4.69) is 107 Å². The monoisotopic (exact) mass is 449 g/mol. The van der Waals surface area contributed by atoms with Crippen LogP contribution in [0.5, 0.6) is 0 Å². The van der Waals surface area contributed by atoms with Crippen molar-refractivity contribution in [1.82, 2.24) is 9.55 Å². The third kappa shape index (κ3) is 3.17. The lowest BCUT2D eigenvalue weighted by atomic mass is 9.85. The third-order valence-corrected chi connectivity index (χ3v) is 6.64. The molecular weight excluding hydrogens is 428 g/mol. The highest BCUT2D eigenvalue weighted by atomic mass is 16.3. The smallest absolute Gasteiger partial charge is 0.213 e. The summed E-state index contributed by atoms with van der Waals surface area (Å²) in [5, 5.41) is 3.50. The number of fused-ring (bicyclic) bond motifs is 5. The van der Waals surface area contributed by atoms with E-state index in [1.807, 2.05) is 30.6 Å². The maximum absolute atomic E-state index is 6.39. The number of furan rings is 1. The normalized spacial score (nSPS) is 11.7. The van der Waals surface area contributed by atoms with Gasteiger partial charge in [0.15, 0.2) is 0 Å². The average Bonchev–Trinajstić information content (AvgIpc) is 3.45. The molecule has 35 heavy (non-hydrogen) atoms. The SMILES string of the molecule is c1ccc([C](c2ccncc2)c2ccc(-n3c4ccccc4c4c5ccccc5oc43)cc2)cc1. The summed E-state index contributed by atoms with van der Waals surface area (Å²) in [6.45, 7) is 0. The molecule has 0 N–H and O–H groups in total. The highest BCUT2D eigenvalue weighted by Crippen LogP contribution is 2.39. The molecule has 7 rings (SSSR count). The fourth-order valence-corrected chi connectivity index (χ4v) is 5.10. The van der Waals surface area contributed by atoms with Gasteiger partial charge in [-0.1, -0.05) is 78.9 Å². The molecule has 1 radical (unpaired) electrons. The molecule has 0 unspecified atom stereocenters. The van der Waals surface area contributed by atoms with Crippen molar-refractivity contribution in [2.24, 2.45) is 0 Å². The van der Waals surface area contributed by atoms with Crippen LogP contribution in [0.2, 0.25) is 0 Å². The van der Waals surface area contributed by atoms with E-state index in [-0.39, 0.29) is 0 Å². The van der Waals surface area contributed by atoms with E-state index in [9.17, 15) is 0 Å². The van der Waals surface area contributed by atoms with Gasteiger partial charge in [-0.2, -0.15) is 0 Å². The molecule has 0 aliphatic carbocycles. The molecule has 3 nitrogen and oxygen atoms in total. The van der Waals surface area contributed by atoms with Crippen molar-refractivity contribution in [3.8, 4) is 5.69 Å². The van der Waals surface area contributed by atoms with Crippen molar-refractivity contribution in [2.45, 2.75) is 0 Å². The van der Waals surface area contributed by atoms with Crippen LogP contribution in [-0.4, -0.2) is 9.55 Å². The van der Waals surface area contributed by atoms with Crippen LogP contribution >= 0.6 is 0 Å². The van der Waals surface area contributed by atoms with Gasteiger partial charge in [-0.05, 0) is 53.1 Å². The number of rotatable bonds is 4. The molecule has 0 spiro atoms. The topological polar surface area (TPSA) is 31.0 Å². The van der Waals surface area contributed by atoms with E-state index in [0.29, 0.717) is 0 Å². The molecule has 0 aliphatic heterocycles. The van der Waals surface area contributed by atoms with Crippen molar-refractivity contribution in [3.63, 3.8) is 0 Å². The number of aromatic nitrogens is 2. The summed E-state index contributed by atoms with van der Waals surface area (Å²) < 4.78 is 8.62. The Morgan fingerprint density at radius 2 is 1.20 bits per heavy atom. The van der Waals surface area contributed by atoms with Crippen LogP contribution in [0.3, 0.4) is 0 Å². The number of benzene rings is 4. The highest BCUT2D eigenvalue weighted by molar-refractivity contribution is 6.19. The van der Waals surface area contributed by atoms with E-state index < -0.39 is 0 Å². The Kier molecular flexibility index (Phi) is 4.52. The Bertz CT molecular complexity index is 1740. The van der Waals surface area contributed by atoms with Gasteiger partial charge in [-0.25, -0.2) is 0 Å². The van der Waals surface area contributed by atoms with Crippen LogP contribution in [0, 0.1) is 5.92 Å². The van der Waals surface area contributed by atoms with E-state index in [1.165, 1.54) is 16.9 Å². The Morgan fingerprint density at radius 1 is 0.571 bits per heavy atom. The Hall–Kier alpha value is -4.63. The molecule has 7 aromatic rings. The summed E-state index contributed by atoms with van der Waals surface area (Å²) in [7, 11) is 0. The van der Waals surface area contributed by atoms with E-state index in [4.69, 9.17) is 4.42 Å². The van der Waals surface area contributed by atoms with Gasteiger partial charge >= 0.3 is 0 Å². The van der Waals surface area contributed by atoms with Crippen LogP contribution in [0.4, 0.5) is 0 Å². The first-order valence-corrected chi connectivity index (χ1v) is 11.7. The fourth-order valence-electron chi connectivity index (χ4n) is 5.10. The molecule has 4 aromatic carbocycles. The quantitative estimate of drug-likeness (QED) is 0.273. The molecule has 0 saturated heterocycles. The minimum atomic E-state index is 0.876. The zero-order valence-corrected chi connectivity index (χ0v) is 18.9. The van der Waals surface area contributed by atoms with Crippen LogP contribution in [0.25, 0.3) is 38.7 Å². The van der Waals surface area contributed by atoms with Gasteiger partial charge in [0.05, 0.1) is 16.8 Å². The van der Waals surface area contributed by atoms with Crippen molar-refractivity contribution in [3.05, 3.63) is 150 Å². The number of para-hydroxylation sites is 2. The number of pyridine rings is 1. The molecule has 0 aliphatic rings. The molecule has 0 bridgehead atoms. The number of hydrogen-bond donors (Lipinski definition) is 0. The van der Waals surface area contributed by atoms with E-state index in [0.717, 1.165) is 44.4 Å². The van der Waals surface area contributed by atoms with Crippen molar-refractivity contribution in [1.29, 1.82) is 0 Å². The van der Waals surface area contributed by atoms with Crippen LogP contribution in [0.15, 0.2) is 132 Å². The first kappa shape index (κ1) is 19.8. The molecule has 3 heteroatoms. The molecule has 0 amide bonds. The summed E-state index contributed by atoms with van der Waals surface area (Å²) in [6.07, 6.45) is 3.69. The Balaban J connectivity index is 1.41. The van der Waals surface area contributed by atoms with Gasteiger partial charge in [0.1, 0.15) is 5.58 Å². The second-order valence-corrected chi connectivity index (χ2v) is 8.65. The van der Waals surface area contributed by atoms with Crippen LogP contribution in [0.1, 0.15) is 16.7 Å². The number of hydrogen-bond acceptors (Lipinski definition) is 2. The summed E-state index contributed by atoms with van der Waals surface area (Å²) in [5.74, 6) is 1.19. The van der Waals surface area contributed by atoms with Gasteiger partial charge in [0, 0.05) is 28.9 Å². The second-order valence-electron chi connectivity index (χ2n) is 8.65. The first-order valence-electron chi connectivity index (χ1n) is 11.7.